The molecule has 2 saturated heterocycles. The lowest BCUT2D eigenvalue weighted by Crippen LogP contribution is -2.51. The molecule has 6 aromatic rings. The third kappa shape index (κ3) is 9.61. The number of benzene rings is 2. The van der Waals surface area contributed by atoms with Crippen molar-refractivity contribution >= 4 is 105 Å². The minimum atomic E-state index is -0.632. The Hall–Kier alpha value is -5.04. The Balaban J connectivity index is 0.000000197. The Labute approximate surface area is 369 Å². The second kappa shape index (κ2) is 19.1. The molecule has 6 N–H and O–H groups in total. The highest BCUT2D eigenvalue weighted by molar-refractivity contribution is 7.98. The van der Waals surface area contributed by atoms with Crippen molar-refractivity contribution in [2.24, 2.45) is 11.5 Å². The van der Waals surface area contributed by atoms with Crippen LogP contribution in [0, 0.1) is 0 Å². The van der Waals surface area contributed by atoms with Crippen LogP contribution in [0.1, 0.15) is 44.7 Å². The fourth-order valence-corrected chi connectivity index (χ4v) is 8.55. The predicted molar refractivity (Wildman–Crippen MR) is 237 cm³/mol. The number of thioether (sulfide) groups is 1. The number of carbonyl (C=O) groups excluding carboxylic acids is 3. The molecule has 0 spiro atoms. The van der Waals surface area contributed by atoms with E-state index in [1.807, 2.05) is 23.3 Å². The molecule has 0 saturated carbocycles. The summed E-state index contributed by atoms with van der Waals surface area (Å²) in [5.41, 5.74) is 14.2. The summed E-state index contributed by atoms with van der Waals surface area (Å²) in [6.07, 6.45) is 10.9. The molecule has 0 unspecified atom stereocenters. The highest BCUT2D eigenvalue weighted by Crippen LogP contribution is 2.29. The number of primary amides is 2. The van der Waals surface area contributed by atoms with Gasteiger partial charge in [-0.15, -0.1) is 0 Å². The summed E-state index contributed by atoms with van der Waals surface area (Å²) in [5, 5.41) is 9.16. The second-order valence-electron chi connectivity index (χ2n) is 14.0. The van der Waals surface area contributed by atoms with E-state index < -0.39 is 11.8 Å². The summed E-state index contributed by atoms with van der Waals surface area (Å²) in [4.78, 5) is 61.2. The predicted octanol–water partition coefficient (Wildman–Crippen LogP) is 5.96. The zero-order valence-electron chi connectivity index (χ0n) is 32.4. The van der Waals surface area contributed by atoms with Crippen LogP contribution in [0.5, 0.6) is 0 Å². The number of imidazole rings is 2. The first-order valence-corrected chi connectivity index (χ1v) is 21.6. The topological polar surface area (TPSA) is 197 Å². The van der Waals surface area contributed by atoms with Crippen molar-refractivity contribution in [1.82, 2.24) is 38.5 Å². The van der Waals surface area contributed by atoms with Crippen LogP contribution < -0.4 is 27.0 Å². The molecule has 16 nitrogen and oxygen atoms in total. The first-order chi connectivity index (χ1) is 28.9. The number of nitrogens with two attached hydrogens (primary N) is 2. The highest BCUT2D eigenvalue weighted by Gasteiger charge is 2.28. The normalized spacial score (nSPS) is 14.3. The van der Waals surface area contributed by atoms with Gasteiger partial charge in [0.05, 0.1) is 6.54 Å². The first kappa shape index (κ1) is 43.1. The molecule has 3 amide bonds. The number of likely N-dealkylation sites (tertiary alicyclic amines) is 1. The second-order valence-corrected chi connectivity index (χ2v) is 16.4. The fourth-order valence-electron chi connectivity index (χ4n) is 7.07. The van der Waals surface area contributed by atoms with Gasteiger partial charge in [-0.1, -0.05) is 70.3 Å². The van der Waals surface area contributed by atoms with E-state index in [1.165, 1.54) is 11.8 Å². The molecule has 2 fully saturated rings. The van der Waals surface area contributed by atoms with Gasteiger partial charge in [-0.3, -0.25) is 28.1 Å². The summed E-state index contributed by atoms with van der Waals surface area (Å²) in [6, 6.07) is 10.4. The molecule has 2 aromatic carbocycles. The monoisotopic (exact) mass is 911 g/mol. The largest absolute Gasteiger partial charge is 0.365 e. The average Bonchev–Trinajstić information content (AvgIpc) is 4.03. The lowest BCUT2D eigenvalue weighted by Gasteiger charge is -2.36. The van der Waals surface area contributed by atoms with Gasteiger partial charge in [-0.25, -0.2) is 15.0 Å². The zero-order valence-corrected chi connectivity index (χ0v) is 36.2. The highest BCUT2D eigenvalue weighted by atomic mass is 35.5. The van der Waals surface area contributed by atoms with Crippen LogP contribution in [-0.4, -0.2) is 108 Å². The third-order valence-corrected chi connectivity index (χ3v) is 11.9. The molecule has 0 atom stereocenters. The van der Waals surface area contributed by atoms with Gasteiger partial charge >= 0.3 is 0 Å². The quantitative estimate of drug-likeness (QED) is 0.0832. The number of rotatable bonds is 12. The molecule has 6 heterocycles. The standard InChI is InChI=1S/C24H28Cl2N8O2.C15H13Cl2N5OS/c25-17-4-3-16(18(26)13-17)14-29-22-20(21(27)36)23-28-5-8-34(23)24(30-22)33-11-9-32(10-12-33)19(35)15-31-6-1-2-7-31;1-24-15-21-13(11(12(18)23)14-19-4-5-22(14)15)20-7-8-2-3-9(16)6-10(8)17/h3-5,8,13,29H,1-2,6-7,9-12,14-15H2,(H2,27,36);2-6,20H,7H2,1H3,(H2,18,23). The lowest BCUT2D eigenvalue weighted by atomic mass is 10.2. The minimum Gasteiger partial charge on any atom is -0.365 e. The van der Waals surface area contributed by atoms with Gasteiger partial charge in [-0.05, 0) is 67.6 Å². The molecule has 0 bridgehead atoms. The number of nitrogens with one attached hydrogen (secondary N) is 2. The fraction of sp³-hybridized carbons (Fsp3) is 0.308. The van der Waals surface area contributed by atoms with Crippen molar-refractivity contribution in [1.29, 1.82) is 0 Å². The van der Waals surface area contributed by atoms with Crippen LogP contribution in [0.2, 0.25) is 20.1 Å². The summed E-state index contributed by atoms with van der Waals surface area (Å²) < 4.78 is 3.49. The molecule has 21 heteroatoms. The molecule has 2 aliphatic rings. The van der Waals surface area contributed by atoms with E-state index in [4.69, 9.17) is 62.9 Å². The molecule has 0 aliphatic carbocycles. The van der Waals surface area contributed by atoms with E-state index in [0.717, 1.165) is 37.1 Å². The maximum Gasteiger partial charge on any atom is 0.256 e. The van der Waals surface area contributed by atoms with Crippen LogP contribution in [-0.2, 0) is 17.9 Å². The Morgan fingerprint density at radius 3 is 1.75 bits per heavy atom. The summed E-state index contributed by atoms with van der Waals surface area (Å²) in [5.74, 6) is 0.266. The minimum absolute atomic E-state index is 0.170. The summed E-state index contributed by atoms with van der Waals surface area (Å²) in [7, 11) is 0. The maximum atomic E-state index is 12.8. The van der Waals surface area contributed by atoms with Crippen LogP contribution in [0.3, 0.4) is 0 Å². The summed E-state index contributed by atoms with van der Waals surface area (Å²) in [6.45, 7) is 5.60. The molecular weight excluding hydrogens is 872 g/mol. The van der Waals surface area contributed by atoms with E-state index >= 15 is 0 Å². The molecule has 314 valence electrons. The smallest absolute Gasteiger partial charge is 0.256 e. The number of aromatic nitrogens is 6. The molecular formula is C39H41Cl4N13O3S. The van der Waals surface area contributed by atoms with Gasteiger partial charge in [0.2, 0.25) is 11.9 Å². The van der Waals surface area contributed by atoms with Gasteiger partial charge in [0, 0.05) is 84.1 Å². The lowest BCUT2D eigenvalue weighted by molar-refractivity contribution is -0.132. The van der Waals surface area contributed by atoms with Crippen molar-refractivity contribution < 1.29 is 14.4 Å². The average molecular weight is 914 g/mol. The van der Waals surface area contributed by atoms with E-state index in [9.17, 15) is 14.4 Å². The number of piperazine rings is 1. The van der Waals surface area contributed by atoms with Crippen molar-refractivity contribution in [3.63, 3.8) is 0 Å². The van der Waals surface area contributed by atoms with Crippen LogP contribution in [0.15, 0.2) is 66.3 Å². The Kier molecular flexibility index (Phi) is 13.7. The number of anilines is 3. The number of halogens is 4. The molecule has 8 rings (SSSR count). The van der Waals surface area contributed by atoms with Gasteiger partial charge < -0.3 is 31.9 Å². The number of carbonyl (C=O) groups is 3. The number of hydrogen-bond acceptors (Lipinski definition) is 12. The zero-order chi connectivity index (χ0) is 42.5. The van der Waals surface area contributed by atoms with Crippen molar-refractivity contribution in [3.05, 3.63) is 104 Å². The van der Waals surface area contributed by atoms with Gasteiger partial charge in [0.25, 0.3) is 11.8 Å². The van der Waals surface area contributed by atoms with Gasteiger partial charge in [0.15, 0.2) is 16.5 Å². The number of hydrogen-bond donors (Lipinski definition) is 4. The Morgan fingerprint density at radius 1 is 0.717 bits per heavy atom. The van der Waals surface area contributed by atoms with Crippen molar-refractivity contribution in [3.8, 4) is 0 Å². The Morgan fingerprint density at radius 2 is 1.23 bits per heavy atom. The van der Waals surface area contributed by atoms with E-state index in [-0.39, 0.29) is 17.0 Å². The number of nitrogens with zero attached hydrogens (tertiary/aromatic N) is 9. The SMILES string of the molecule is CSc1nc(NCc2ccc(Cl)cc2Cl)c(C(N)=O)c2nccn12.NC(=O)c1c(NCc2ccc(Cl)cc2Cl)nc(N2CCN(C(=O)CN3CCCC3)CC2)n2ccnc12. The molecule has 2 aliphatic heterocycles. The van der Waals surface area contributed by atoms with Crippen LogP contribution in [0.4, 0.5) is 17.6 Å². The molecule has 0 radical (unpaired) electrons. The maximum absolute atomic E-state index is 12.8. The Bertz CT molecular complexity index is 2560. The van der Waals surface area contributed by atoms with Crippen molar-refractivity contribution in [2.45, 2.75) is 31.1 Å². The van der Waals surface area contributed by atoms with Gasteiger partial charge in [-0.2, -0.15) is 4.98 Å². The number of fused-ring (bicyclic) bond motifs is 2. The molecule has 60 heavy (non-hydrogen) atoms. The van der Waals surface area contributed by atoms with E-state index in [0.29, 0.717) is 99.9 Å². The summed E-state index contributed by atoms with van der Waals surface area (Å²) >= 11 is 25.9. The number of amides is 3. The van der Waals surface area contributed by atoms with Gasteiger partial charge in [0.1, 0.15) is 22.8 Å². The van der Waals surface area contributed by atoms with E-state index in [2.05, 4.69) is 35.4 Å². The first-order valence-electron chi connectivity index (χ1n) is 18.9. The third-order valence-electron chi connectivity index (χ3n) is 10.1. The van der Waals surface area contributed by atoms with Crippen LogP contribution in [0.25, 0.3) is 11.3 Å². The van der Waals surface area contributed by atoms with E-state index in [1.54, 1.807) is 57.9 Å². The van der Waals surface area contributed by atoms with Crippen molar-refractivity contribution in [2.75, 3.05) is 67.6 Å². The molecule has 4 aromatic heterocycles. The van der Waals surface area contributed by atoms with Crippen LogP contribution >= 0.6 is 58.2 Å².